The van der Waals surface area contributed by atoms with E-state index in [1.165, 1.54) is 17.8 Å². The van der Waals surface area contributed by atoms with Gasteiger partial charge in [-0.15, -0.1) is 10.2 Å². The highest BCUT2D eigenvalue weighted by Gasteiger charge is 2.30. The van der Waals surface area contributed by atoms with Gasteiger partial charge in [0.15, 0.2) is 28.6 Å². The van der Waals surface area contributed by atoms with Crippen LogP contribution in [0.2, 0.25) is 0 Å². The summed E-state index contributed by atoms with van der Waals surface area (Å²) in [7, 11) is 1.80. The zero-order chi connectivity index (χ0) is 19.7. The maximum Gasteiger partial charge on any atom is 0.416 e. The van der Waals surface area contributed by atoms with Crippen molar-refractivity contribution in [3.63, 3.8) is 0 Å². The molecule has 1 atom stereocenters. The number of fused-ring (bicyclic) bond motifs is 1. The van der Waals surface area contributed by atoms with Crippen molar-refractivity contribution in [3.8, 4) is 11.5 Å². The third-order valence-corrected chi connectivity index (χ3v) is 5.38. The number of hydrogen-bond acceptors (Lipinski definition) is 5. The first-order chi connectivity index (χ1) is 13.4. The van der Waals surface area contributed by atoms with E-state index in [-0.39, 0.29) is 0 Å². The molecule has 0 N–H and O–H groups in total. The van der Waals surface area contributed by atoms with Crippen molar-refractivity contribution < 1.29 is 22.6 Å². The van der Waals surface area contributed by atoms with Gasteiger partial charge in [-0.2, -0.15) is 13.2 Å². The molecule has 9 heteroatoms. The molecule has 28 heavy (non-hydrogen) atoms. The van der Waals surface area contributed by atoms with Gasteiger partial charge in [0.05, 0.1) is 5.56 Å². The lowest BCUT2D eigenvalue weighted by molar-refractivity contribution is -0.137. The second-order valence-electron chi connectivity index (χ2n) is 6.25. The van der Waals surface area contributed by atoms with Gasteiger partial charge in [0, 0.05) is 12.8 Å². The van der Waals surface area contributed by atoms with Gasteiger partial charge in [-0.1, -0.05) is 42.1 Å². The molecule has 0 amide bonds. The van der Waals surface area contributed by atoms with Crippen LogP contribution in [0.15, 0.2) is 53.7 Å². The van der Waals surface area contributed by atoms with E-state index in [1.54, 1.807) is 17.7 Å². The molecule has 1 aliphatic heterocycles. The van der Waals surface area contributed by atoms with Crippen LogP contribution >= 0.6 is 11.8 Å². The minimum absolute atomic E-state index is 0.307. The van der Waals surface area contributed by atoms with E-state index in [0.29, 0.717) is 40.4 Å². The number of rotatable bonds is 4. The van der Waals surface area contributed by atoms with Crippen molar-refractivity contribution in [1.29, 1.82) is 0 Å². The van der Waals surface area contributed by atoms with E-state index in [1.807, 2.05) is 24.3 Å². The number of benzene rings is 2. The normalized spacial score (nSPS) is 16.2. The molecule has 0 unspecified atom stereocenters. The number of para-hydroxylation sites is 2. The first kappa shape index (κ1) is 18.7. The molecule has 4 rings (SSSR count). The summed E-state index contributed by atoms with van der Waals surface area (Å²) in [5, 5.41) is 8.93. The lowest BCUT2D eigenvalue weighted by Crippen LogP contribution is -2.24. The summed E-state index contributed by atoms with van der Waals surface area (Å²) < 4.78 is 52.0. The van der Waals surface area contributed by atoms with Gasteiger partial charge < -0.3 is 14.0 Å². The van der Waals surface area contributed by atoms with Gasteiger partial charge in [-0.25, -0.2) is 0 Å². The minimum atomic E-state index is -4.35. The Morgan fingerprint density at radius 1 is 1.11 bits per heavy atom. The van der Waals surface area contributed by atoms with Crippen LogP contribution in [0, 0.1) is 0 Å². The predicted molar refractivity (Wildman–Crippen MR) is 97.3 cm³/mol. The molecule has 2 heterocycles. The monoisotopic (exact) mass is 407 g/mol. The molecule has 0 spiro atoms. The molecule has 0 aliphatic carbocycles. The first-order valence-corrected chi connectivity index (χ1v) is 9.47. The molecule has 0 radical (unpaired) electrons. The van der Waals surface area contributed by atoms with Crippen molar-refractivity contribution >= 4 is 11.8 Å². The van der Waals surface area contributed by atoms with Gasteiger partial charge in [-0.3, -0.25) is 0 Å². The molecule has 2 aromatic carbocycles. The molecule has 5 nitrogen and oxygen atoms in total. The van der Waals surface area contributed by atoms with Crippen molar-refractivity contribution in [2.45, 2.75) is 23.2 Å². The van der Waals surface area contributed by atoms with E-state index >= 15 is 0 Å². The standard InChI is InChI=1S/C19H16F3N3O2S/c1-25-17(16-10-26-14-7-2-3-8-15(14)27-16)23-24-18(25)28-11-12-5-4-6-13(9-12)19(20,21)22/h2-9,16H,10-11H2,1H3/t16-/m1/s1. The summed E-state index contributed by atoms with van der Waals surface area (Å²) in [6.45, 7) is 0.307. The fourth-order valence-electron chi connectivity index (χ4n) is 2.86. The third-order valence-electron chi connectivity index (χ3n) is 4.29. The summed E-state index contributed by atoms with van der Waals surface area (Å²) in [5.74, 6) is 2.27. The minimum Gasteiger partial charge on any atom is -0.485 e. The van der Waals surface area contributed by atoms with Crippen LogP contribution in [0.5, 0.6) is 11.5 Å². The maximum absolute atomic E-state index is 12.9. The highest BCUT2D eigenvalue weighted by molar-refractivity contribution is 7.98. The van der Waals surface area contributed by atoms with Crippen molar-refractivity contribution in [1.82, 2.24) is 14.8 Å². The SMILES string of the molecule is Cn1c(SCc2cccc(C(F)(F)F)c2)nnc1[C@H]1COc2ccccc2O1. The van der Waals surface area contributed by atoms with Crippen LogP contribution in [0.3, 0.4) is 0 Å². The van der Waals surface area contributed by atoms with Crippen LogP contribution in [-0.4, -0.2) is 21.4 Å². The van der Waals surface area contributed by atoms with E-state index < -0.39 is 17.8 Å². The van der Waals surface area contributed by atoms with Crippen molar-refractivity contribution in [2.75, 3.05) is 6.61 Å². The van der Waals surface area contributed by atoms with Crippen LogP contribution < -0.4 is 9.47 Å². The predicted octanol–water partition coefficient (Wildman–Crippen LogP) is 4.64. The highest BCUT2D eigenvalue weighted by atomic mass is 32.2. The molecule has 0 saturated carbocycles. The van der Waals surface area contributed by atoms with E-state index in [4.69, 9.17) is 9.47 Å². The Kier molecular flexibility index (Phi) is 4.92. The Morgan fingerprint density at radius 3 is 2.68 bits per heavy atom. The number of halogens is 3. The van der Waals surface area contributed by atoms with Crippen LogP contribution in [0.4, 0.5) is 13.2 Å². The molecule has 0 saturated heterocycles. The number of alkyl halides is 3. The van der Waals surface area contributed by atoms with Crippen LogP contribution in [0.1, 0.15) is 23.1 Å². The van der Waals surface area contributed by atoms with Gasteiger partial charge in [0.1, 0.15) is 6.61 Å². The Hall–Kier alpha value is -2.68. The number of aromatic nitrogens is 3. The molecular formula is C19H16F3N3O2S. The molecule has 1 aliphatic rings. The summed E-state index contributed by atoms with van der Waals surface area (Å²) in [6, 6.07) is 12.7. The van der Waals surface area contributed by atoms with E-state index in [2.05, 4.69) is 10.2 Å². The number of hydrogen-bond donors (Lipinski definition) is 0. The fourth-order valence-corrected chi connectivity index (χ4v) is 3.73. The van der Waals surface area contributed by atoms with Gasteiger partial charge in [0.25, 0.3) is 0 Å². The molecular weight excluding hydrogens is 391 g/mol. The third kappa shape index (κ3) is 3.80. The van der Waals surface area contributed by atoms with Gasteiger partial charge >= 0.3 is 6.18 Å². The molecule has 0 fully saturated rings. The smallest absolute Gasteiger partial charge is 0.416 e. The lowest BCUT2D eigenvalue weighted by Gasteiger charge is -2.25. The Balaban J connectivity index is 1.46. The van der Waals surface area contributed by atoms with Crippen LogP contribution in [-0.2, 0) is 19.0 Å². The summed E-state index contributed by atoms with van der Waals surface area (Å²) in [5.41, 5.74) is -0.0915. The number of thioether (sulfide) groups is 1. The zero-order valence-corrected chi connectivity index (χ0v) is 15.6. The lowest BCUT2D eigenvalue weighted by atomic mass is 10.1. The second kappa shape index (κ2) is 7.38. The molecule has 3 aromatic rings. The molecule has 0 bridgehead atoms. The quantitative estimate of drug-likeness (QED) is 0.590. The summed E-state index contributed by atoms with van der Waals surface area (Å²) in [6.07, 6.45) is -4.76. The van der Waals surface area contributed by atoms with Gasteiger partial charge in [0.2, 0.25) is 0 Å². The molecule has 146 valence electrons. The topological polar surface area (TPSA) is 49.2 Å². The Labute approximate surface area is 163 Å². The number of nitrogens with zero attached hydrogens (tertiary/aromatic N) is 3. The summed E-state index contributed by atoms with van der Waals surface area (Å²) >= 11 is 1.32. The van der Waals surface area contributed by atoms with Crippen LogP contribution in [0.25, 0.3) is 0 Å². The van der Waals surface area contributed by atoms with Gasteiger partial charge in [-0.05, 0) is 23.8 Å². The Morgan fingerprint density at radius 2 is 1.89 bits per heavy atom. The van der Waals surface area contributed by atoms with Crippen molar-refractivity contribution in [2.24, 2.45) is 7.05 Å². The highest BCUT2D eigenvalue weighted by Crippen LogP contribution is 2.36. The van der Waals surface area contributed by atoms with E-state index in [9.17, 15) is 13.2 Å². The number of ether oxygens (including phenoxy) is 2. The van der Waals surface area contributed by atoms with E-state index in [0.717, 1.165) is 12.1 Å². The average molecular weight is 407 g/mol. The maximum atomic E-state index is 12.9. The fraction of sp³-hybridized carbons (Fsp3) is 0.263. The average Bonchev–Trinajstić information content (AvgIpc) is 3.06. The zero-order valence-electron chi connectivity index (χ0n) is 14.8. The largest absolute Gasteiger partial charge is 0.485 e. The Bertz CT molecular complexity index is 991. The first-order valence-electron chi connectivity index (χ1n) is 8.48. The molecule has 1 aromatic heterocycles. The second-order valence-corrected chi connectivity index (χ2v) is 7.19. The van der Waals surface area contributed by atoms with Crippen molar-refractivity contribution in [3.05, 3.63) is 65.5 Å². The summed E-state index contributed by atoms with van der Waals surface area (Å²) in [4.78, 5) is 0.